The van der Waals surface area contributed by atoms with Crippen LogP contribution in [-0.4, -0.2) is 27.6 Å². The molecule has 0 radical (unpaired) electrons. The van der Waals surface area contributed by atoms with Crippen LogP contribution >= 0.6 is 34.2 Å². The van der Waals surface area contributed by atoms with E-state index in [1.165, 1.54) is 0 Å². The summed E-state index contributed by atoms with van der Waals surface area (Å²) >= 11 is 7.85. The maximum absolute atomic E-state index is 13.9. The molecule has 0 N–H and O–H groups in total. The topological polar surface area (TPSA) is 27.1 Å². The van der Waals surface area contributed by atoms with Crippen molar-refractivity contribution in [2.75, 3.05) is 12.5 Å². The quantitative estimate of drug-likeness (QED) is 0.508. The smallest absolute Gasteiger partial charge is 0.138 e. The highest BCUT2D eigenvalue weighted by molar-refractivity contribution is 14.1. The summed E-state index contributed by atoms with van der Waals surface area (Å²) in [4.78, 5) is 4.60. The molecular formula is C15H19ClFIN2O. The van der Waals surface area contributed by atoms with Crippen molar-refractivity contribution in [1.29, 1.82) is 0 Å². The van der Waals surface area contributed by atoms with Gasteiger partial charge in [0.15, 0.2) is 0 Å². The summed E-state index contributed by atoms with van der Waals surface area (Å²) in [5, 5.41) is 0. The van der Waals surface area contributed by atoms with Crippen LogP contribution in [0.1, 0.15) is 26.6 Å². The first-order chi connectivity index (χ1) is 9.88. The van der Waals surface area contributed by atoms with E-state index in [9.17, 15) is 4.39 Å². The van der Waals surface area contributed by atoms with Gasteiger partial charge in [-0.1, -0.05) is 0 Å². The first kappa shape index (κ1) is 17.0. The fraction of sp³-hybridized carbons (Fsp3) is 0.533. The summed E-state index contributed by atoms with van der Waals surface area (Å²) in [6.07, 6.45) is 0.649. The lowest BCUT2D eigenvalue weighted by atomic mass is 10.1. The number of hydrogen-bond donors (Lipinski definition) is 0. The number of nitrogens with zero attached hydrogens (tertiary/aromatic N) is 2. The molecule has 0 fully saturated rings. The van der Waals surface area contributed by atoms with Gasteiger partial charge in [-0.25, -0.2) is 9.37 Å². The number of rotatable bonds is 6. The van der Waals surface area contributed by atoms with Crippen molar-refractivity contribution in [3.8, 4) is 0 Å². The lowest BCUT2D eigenvalue weighted by molar-refractivity contribution is -0.0221. The molecule has 6 heteroatoms. The standard InChI is InChI=1S/C15H19ClFIN2O/c1-4-21-15(2,3)9-20-13-7-10(17)11(18)8-12(13)19-14(20)5-6-16/h7-8H,4-6,9H2,1-3H3. The highest BCUT2D eigenvalue weighted by Gasteiger charge is 2.22. The van der Waals surface area contributed by atoms with Crippen LogP contribution in [0.4, 0.5) is 4.39 Å². The minimum Gasteiger partial charge on any atom is -0.374 e. The van der Waals surface area contributed by atoms with Gasteiger partial charge in [0.25, 0.3) is 0 Å². The molecule has 21 heavy (non-hydrogen) atoms. The molecule has 2 aromatic rings. The number of aromatic nitrogens is 2. The number of fused-ring (bicyclic) bond motifs is 1. The Kier molecular flexibility index (Phi) is 5.48. The van der Waals surface area contributed by atoms with Gasteiger partial charge >= 0.3 is 0 Å². The first-order valence-corrected chi connectivity index (χ1v) is 8.53. The van der Waals surface area contributed by atoms with Gasteiger partial charge in [0, 0.05) is 25.0 Å². The highest BCUT2D eigenvalue weighted by Crippen LogP contribution is 2.25. The summed E-state index contributed by atoms with van der Waals surface area (Å²) in [7, 11) is 0. The second-order valence-corrected chi connectivity index (χ2v) is 7.04. The van der Waals surface area contributed by atoms with E-state index in [4.69, 9.17) is 16.3 Å². The summed E-state index contributed by atoms with van der Waals surface area (Å²) < 4.78 is 22.3. The molecule has 0 aliphatic carbocycles. The SMILES string of the molecule is CCOC(C)(C)Cn1c(CCCl)nc2cc(I)c(F)cc21. The molecule has 0 bridgehead atoms. The van der Waals surface area contributed by atoms with E-state index >= 15 is 0 Å². The van der Waals surface area contributed by atoms with Gasteiger partial charge in [-0.3, -0.25) is 0 Å². The lowest BCUT2D eigenvalue weighted by Crippen LogP contribution is -2.31. The fourth-order valence-corrected chi connectivity index (χ4v) is 3.06. The monoisotopic (exact) mass is 424 g/mol. The second kappa shape index (κ2) is 6.79. The molecule has 0 aliphatic rings. The lowest BCUT2D eigenvalue weighted by Gasteiger charge is -2.26. The predicted molar refractivity (Wildman–Crippen MR) is 92.5 cm³/mol. The third-order valence-corrected chi connectivity index (χ3v) is 4.28. The van der Waals surface area contributed by atoms with Gasteiger partial charge in [0.05, 0.1) is 26.7 Å². The molecule has 0 spiro atoms. The zero-order chi connectivity index (χ0) is 15.6. The number of benzene rings is 1. The van der Waals surface area contributed by atoms with Crippen molar-refractivity contribution >= 4 is 45.2 Å². The number of hydrogen-bond acceptors (Lipinski definition) is 2. The minimum absolute atomic E-state index is 0.226. The molecule has 1 aromatic carbocycles. The Balaban J connectivity index is 2.52. The zero-order valence-corrected chi connectivity index (χ0v) is 15.3. The summed E-state index contributed by atoms with van der Waals surface area (Å²) in [6, 6.07) is 3.32. The van der Waals surface area contributed by atoms with Crippen LogP contribution in [-0.2, 0) is 17.7 Å². The van der Waals surface area contributed by atoms with Gasteiger partial charge in [-0.2, -0.15) is 0 Å². The van der Waals surface area contributed by atoms with Crippen molar-refractivity contribution in [1.82, 2.24) is 9.55 Å². The number of alkyl halides is 1. The Morgan fingerprint density at radius 1 is 1.43 bits per heavy atom. The number of aryl methyl sites for hydroxylation is 1. The third kappa shape index (κ3) is 3.87. The van der Waals surface area contributed by atoms with Gasteiger partial charge in [-0.15, -0.1) is 11.6 Å². The van der Waals surface area contributed by atoms with Crippen LogP contribution in [0.3, 0.4) is 0 Å². The van der Waals surface area contributed by atoms with Gasteiger partial charge in [0.1, 0.15) is 11.6 Å². The van der Waals surface area contributed by atoms with Crippen LogP contribution in [0.15, 0.2) is 12.1 Å². The maximum atomic E-state index is 13.9. The van der Waals surface area contributed by atoms with E-state index < -0.39 is 0 Å². The maximum Gasteiger partial charge on any atom is 0.138 e. The normalized spacial score (nSPS) is 12.3. The average Bonchev–Trinajstić information content (AvgIpc) is 2.68. The van der Waals surface area contributed by atoms with Crippen molar-refractivity contribution in [3.63, 3.8) is 0 Å². The van der Waals surface area contributed by atoms with E-state index in [0.29, 0.717) is 29.0 Å². The second-order valence-electron chi connectivity index (χ2n) is 5.50. The van der Waals surface area contributed by atoms with E-state index in [-0.39, 0.29) is 11.4 Å². The summed E-state index contributed by atoms with van der Waals surface area (Å²) in [5.74, 6) is 1.13. The fourth-order valence-electron chi connectivity index (χ4n) is 2.44. The minimum atomic E-state index is -0.344. The average molecular weight is 425 g/mol. The van der Waals surface area contributed by atoms with E-state index in [2.05, 4.69) is 4.98 Å². The van der Waals surface area contributed by atoms with Crippen LogP contribution in [0, 0.1) is 9.39 Å². The molecule has 0 atom stereocenters. The molecule has 0 aliphatic heterocycles. The van der Waals surface area contributed by atoms with E-state index in [1.807, 2.05) is 47.9 Å². The Morgan fingerprint density at radius 3 is 2.76 bits per heavy atom. The number of imidazole rings is 1. The molecule has 2 rings (SSSR count). The molecule has 0 amide bonds. The number of ether oxygens (including phenoxy) is 1. The Labute approximate surface area is 143 Å². The molecule has 0 saturated heterocycles. The van der Waals surface area contributed by atoms with Gasteiger partial charge in [0.2, 0.25) is 0 Å². The molecule has 116 valence electrons. The molecule has 0 saturated carbocycles. The van der Waals surface area contributed by atoms with Crippen molar-refractivity contribution in [3.05, 3.63) is 27.3 Å². The van der Waals surface area contributed by atoms with Crippen LogP contribution in [0.5, 0.6) is 0 Å². The molecule has 3 nitrogen and oxygen atoms in total. The Morgan fingerprint density at radius 2 is 2.14 bits per heavy atom. The molecule has 0 unspecified atom stereocenters. The largest absolute Gasteiger partial charge is 0.374 e. The van der Waals surface area contributed by atoms with Gasteiger partial charge in [-0.05, 0) is 49.4 Å². The predicted octanol–water partition coefficient (Wildman–Crippen LogP) is 4.38. The Bertz CT molecular complexity index is 642. The third-order valence-electron chi connectivity index (χ3n) is 3.26. The van der Waals surface area contributed by atoms with Crippen LogP contribution in [0.25, 0.3) is 11.0 Å². The van der Waals surface area contributed by atoms with E-state index in [0.717, 1.165) is 16.9 Å². The van der Waals surface area contributed by atoms with Crippen molar-refractivity contribution in [2.24, 2.45) is 0 Å². The van der Waals surface area contributed by atoms with Crippen LogP contribution < -0.4 is 0 Å². The zero-order valence-electron chi connectivity index (χ0n) is 12.4. The molecular weight excluding hydrogens is 406 g/mol. The highest BCUT2D eigenvalue weighted by atomic mass is 127. The molecule has 1 aromatic heterocycles. The summed E-state index contributed by atoms with van der Waals surface area (Å²) in [6.45, 7) is 7.27. The van der Waals surface area contributed by atoms with Crippen molar-refractivity contribution < 1.29 is 9.13 Å². The van der Waals surface area contributed by atoms with E-state index in [1.54, 1.807) is 12.1 Å². The number of halogens is 3. The first-order valence-electron chi connectivity index (χ1n) is 6.92. The van der Waals surface area contributed by atoms with Crippen LogP contribution in [0.2, 0.25) is 0 Å². The summed E-state index contributed by atoms with van der Waals surface area (Å²) in [5.41, 5.74) is 1.25. The van der Waals surface area contributed by atoms with Crippen molar-refractivity contribution in [2.45, 2.75) is 39.3 Å². The molecule has 1 heterocycles. The Hall–Kier alpha value is -0.400. The van der Waals surface area contributed by atoms with Gasteiger partial charge < -0.3 is 9.30 Å².